The Morgan fingerprint density at radius 2 is 2.11 bits per heavy atom. The van der Waals surface area contributed by atoms with Gasteiger partial charge in [0.05, 0.1) is 12.7 Å². The molecule has 1 saturated carbocycles. The predicted molar refractivity (Wildman–Crippen MR) is 69.4 cm³/mol. The maximum atomic E-state index is 11.4. The predicted octanol–water partition coefficient (Wildman–Crippen LogP) is 2.02. The van der Waals surface area contributed by atoms with Gasteiger partial charge in [-0.05, 0) is 32.6 Å². The first-order valence-corrected chi connectivity index (χ1v) is 7.13. The van der Waals surface area contributed by atoms with Gasteiger partial charge in [-0.15, -0.1) is 0 Å². The number of carbonyl (C=O) groups is 1. The van der Waals surface area contributed by atoms with Crippen LogP contribution < -0.4 is 5.32 Å². The van der Waals surface area contributed by atoms with E-state index in [0.29, 0.717) is 6.04 Å². The van der Waals surface area contributed by atoms with Crippen LogP contribution in [0.25, 0.3) is 0 Å². The molecule has 0 radical (unpaired) electrons. The van der Waals surface area contributed by atoms with E-state index in [9.17, 15) is 4.79 Å². The SMILES string of the molecule is COC(=O)C(C)NC1CCOC2(CCCCC2)C1. The number of hydrogen-bond acceptors (Lipinski definition) is 4. The van der Waals surface area contributed by atoms with Gasteiger partial charge in [-0.25, -0.2) is 0 Å². The molecule has 1 spiro atoms. The van der Waals surface area contributed by atoms with Crippen LogP contribution in [-0.2, 0) is 14.3 Å². The molecule has 0 bridgehead atoms. The van der Waals surface area contributed by atoms with Crippen molar-refractivity contribution in [3.63, 3.8) is 0 Å². The lowest BCUT2D eigenvalue weighted by atomic mass is 9.78. The molecule has 4 heteroatoms. The molecule has 2 atom stereocenters. The van der Waals surface area contributed by atoms with Gasteiger partial charge in [0.1, 0.15) is 6.04 Å². The summed E-state index contributed by atoms with van der Waals surface area (Å²) in [4.78, 5) is 11.4. The van der Waals surface area contributed by atoms with E-state index >= 15 is 0 Å². The Kier molecular flexibility index (Phi) is 4.62. The fraction of sp³-hybridized carbons (Fsp3) is 0.929. The minimum Gasteiger partial charge on any atom is -0.468 e. The maximum Gasteiger partial charge on any atom is 0.322 e. The van der Waals surface area contributed by atoms with Crippen LogP contribution in [0.2, 0.25) is 0 Å². The van der Waals surface area contributed by atoms with Crippen LogP contribution in [0.5, 0.6) is 0 Å². The Bertz CT molecular complexity index is 281. The number of carbonyl (C=O) groups excluding carboxylic acids is 1. The second-order valence-electron chi connectivity index (χ2n) is 5.69. The molecule has 2 aliphatic rings. The topological polar surface area (TPSA) is 47.6 Å². The van der Waals surface area contributed by atoms with Crippen LogP contribution in [0.3, 0.4) is 0 Å². The van der Waals surface area contributed by atoms with Crippen molar-refractivity contribution in [1.29, 1.82) is 0 Å². The van der Waals surface area contributed by atoms with E-state index in [1.807, 2.05) is 6.92 Å². The lowest BCUT2D eigenvalue weighted by Gasteiger charge is -2.44. The van der Waals surface area contributed by atoms with Gasteiger partial charge in [0.15, 0.2) is 0 Å². The first kappa shape index (κ1) is 13.8. The Balaban J connectivity index is 1.88. The molecule has 104 valence electrons. The lowest BCUT2D eigenvalue weighted by molar-refractivity contribution is -0.144. The van der Waals surface area contributed by atoms with Gasteiger partial charge in [-0.3, -0.25) is 4.79 Å². The standard InChI is InChI=1S/C14H25NO3/c1-11(13(16)17-2)15-12-6-9-18-14(10-12)7-4-3-5-8-14/h11-12,15H,3-10H2,1-2H3. The van der Waals surface area contributed by atoms with E-state index in [2.05, 4.69) is 5.32 Å². The van der Waals surface area contributed by atoms with Crippen molar-refractivity contribution in [2.24, 2.45) is 0 Å². The highest BCUT2D eigenvalue weighted by Gasteiger charge is 2.39. The minimum absolute atomic E-state index is 0.0873. The van der Waals surface area contributed by atoms with E-state index in [4.69, 9.17) is 9.47 Å². The summed E-state index contributed by atoms with van der Waals surface area (Å²) < 4.78 is 10.8. The molecule has 0 aromatic carbocycles. The Labute approximate surface area is 109 Å². The molecule has 0 aromatic rings. The summed E-state index contributed by atoms with van der Waals surface area (Å²) in [6, 6.07) is 0.157. The number of rotatable bonds is 3. The summed E-state index contributed by atoms with van der Waals surface area (Å²) in [5.41, 5.74) is 0.0873. The molecule has 1 aliphatic heterocycles. The van der Waals surface area contributed by atoms with Crippen molar-refractivity contribution in [3.8, 4) is 0 Å². The molecular formula is C14H25NO3. The van der Waals surface area contributed by atoms with Gasteiger partial charge in [0, 0.05) is 12.6 Å². The number of methoxy groups -OCH3 is 1. The van der Waals surface area contributed by atoms with E-state index in [1.165, 1.54) is 39.2 Å². The van der Waals surface area contributed by atoms with Gasteiger partial charge in [0.25, 0.3) is 0 Å². The quantitative estimate of drug-likeness (QED) is 0.784. The number of ether oxygens (including phenoxy) is 2. The van der Waals surface area contributed by atoms with Crippen LogP contribution in [0.1, 0.15) is 51.9 Å². The van der Waals surface area contributed by atoms with Gasteiger partial charge in [-0.2, -0.15) is 0 Å². The van der Waals surface area contributed by atoms with Gasteiger partial charge >= 0.3 is 5.97 Å². The summed E-state index contributed by atoms with van der Waals surface area (Å²) in [6.45, 7) is 2.68. The smallest absolute Gasteiger partial charge is 0.322 e. The normalized spacial score (nSPS) is 28.9. The van der Waals surface area contributed by atoms with Crippen molar-refractivity contribution in [2.75, 3.05) is 13.7 Å². The zero-order chi connectivity index (χ0) is 13.0. The molecule has 4 nitrogen and oxygen atoms in total. The summed E-state index contributed by atoms with van der Waals surface area (Å²) >= 11 is 0. The minimum atomic E-state index is -0.223. The van der Waals surface area contributed by atoms with Crippen LogP contribution >= 0.6 is 0 Å². The van der Waals surface area contributed by atoms with Crippen molar-refractivity contribution in [1.82, 2.24) is 5.32 Å². The molecule has 1 aliphatic carbocycles. The number of nitrogens with one attached hydrogen (secondary N) is 1. The van der Waals surface area contributed by atoms with Crippen molar-refractivity contribution in [3.05, 3.63) is 0 Å². The lowest BCUT2D eigenvalue weighted by Crippen LogP contribution is -2.51. The molecule has 2 rings (SSSR count). The van der Waals surface area contributed by atoms with Gasteiger partial charge in [0.2, 0.25) is 0 Å². The molecule has 1 saturated heterocycles. The Hall–Kier alpha value is -0.610. The largest absolute Gasteiger partial charge is 0.468 e. The first-order chi connectivity index (χ1) is 8.65. The average molecular weight is 255 g/mol. The summed E-state index contributed by atoms with van der Waals surface area (Å²) in [5, 5.41) is 3.39. The zero-order valence-electron chi connectivity index (χ0n) is 11.5. The molecule has 1 heterocycles. The molecule has 0 amide bonds. The van der Waals surface area contributed by atoms with Crippen molar-refractivity contribution in [2.45, 2.75) is 69.6 Å². The average Bonchev–Trinajstić information content (AvgIpc) is 2.38. The summed E-state index contributed by atoms with van der Waals surface area (Å²) in [5.74, 6) is -0.181. The van der Waals surface area contributed by atoms with Crippen molar-refractivity contribution < 1.29 is 14.3 Å². The van der Waals surface area contributed by atoms with E-state index in [1.54, 1.807) is 0 Å². The van der Waals surface area contributed by atoms with E-state index < -0.39 is 0 Å². The summed E-state index contributed by atoms with van der Waals surface area (Å²) in [7, 11) is 1.44. The molecular weight excluding hydrogens is 230 g/mol. The van der Waals surface area contributed by atoms with Crippen molar-refractivity contribution >= 4 is 5.97 Å². The highest BCUT2D eigenvalue weighted by Crippen LogP contribution is 2.38. The van der Waals surface area contributed by atoms with E-state index in [0.717, 1.165) is 19.4 Å². The molecule has 0 aromatic heterocycles. The third-order valence-electron chi connectivity index (χ3n) is 4.30. The third kappa shape index (κ3) is 3.23. The second kappa shape index (κ2) is 6.02. The van der Waals surface area contributed by atoms with Gasteiger partial charge < -0.3 is 14.8 Å². The number of hydrogen-bond donors (Lipinski definition) is 1. The fourth-order valence-corrected chi connectivity index (χ4v) is 3.31. The van der Waals surface area contributed by atoms with Crippen LogP contribution in [0.15, 0.2) is 0 Å². The maximum absolute atomic E-state index is 11.4. The molecule has 2 unspecified atom stereocenters. The zero-order valence-corrected chi connectivity index (χ0v) is 11.5. The van der Waals surface area contributed by atoms with Gasteiger partial charge in [-0.1, -0.05) is 19.3 Å². The number of esters is 1. The van der Waals surface area contributed by atoms with Crippen LogP contribution in [-0.4, -0.2) is 37.4 Å². The third-order valence-corrected chi connectivity index (χ3v) is 4.30. The highest BCUT2D eigenvalue weighted by atomic mass is 16.5. The Morgan fingerprint density at radius 3 is 2.78 bits per heavy atom. The molecule has 2 fully saturated rings. The first-order valence-electron chi connectivity index (χ1n) is 7.13. The van der Waals surface area contributed by atoms with E-state index in [-0.39, 0.29) is 17.6 Å². The highest BCUT2D eigenvalue weighted by molar-refractivity contribution is 5.75. The fourth-order valence-electron chi connectivity index (χ4n) is 3.31. The van der Waals surface area contributed by atoms with Crippen LogP contribution in [0, 0.1) is 0 Å². The molecule has 1 N–H and O–H groups in total. The molecule has 18 heavy (non-hydrogen) atoms. The second-order valence-corrected chi connectivity index (χ2v) is 5.69. The Morgan fingerprint density at radius 1 is 1.39 bits per heavy atom. The van der Waals surface area contributed by atoms with Crippen LogP contribution in [0.4, 0.5) is 0 Å². The summed E-state index contributed by atoms with van der Waals surface area (Å²) in [6.07, 6.45) is 8.27. The monoisotopic (exact) mass is 255 g/mol.